The molecule has 14 heavy (non-hydrogen) atoms. The van der Waals surface area contributed by atoms with Crippen LogP contribution in [-0.4, -0.2) is 11.8 Å². The van der Waals surface area contributed by atoms with Crippen LogP contribution in [0.1, 0.15) is 12.5 Å². The molecule has 1 aromatic carbocycles. The van der Waals surface area contributed by atoms with E-state index in [2.05, 4.69) is 5.32 Å². The predicted octanol–water partition coefficient (Wildman–Crippen LogP) is 1.31. The van der Waals surface area contributed by atoms with Gasteiger partial charge in [0, 0.05) is 12.1 Å². The van der Waals surface area contributed by atoms with Crippen molar-refractivity contribution in [2.45, 2.75) is 13.3 Å². The van der Waals surface area contributed by atoms with Crippen LogP contribution in [-0.2, 0) is 11.2 Å². The van der Waals surface area contributed by atoms with Crippen LogP contribution >= 0.6 is 0 Å². The number of carbonyl (C=O) groups excluding carboxylic acids is 2. The van der Waals surface area contributed by atoms with Gasteiger partial charge in [-0.2, -0.15) is 0 Å². The fourth-order valence-electron chi connectivity index (χ4n) is 1.19. The summed E-state index contributed by atoms with van der Waals surface area (Å²) in [6.45, 7) is 1.52. The number of amides is 2. The zero-order valence-corrected chi connectivity index (χ0v) is 7.91. The van der Waals surface area contributed by atoms with Crippen LogP contribution in [0.5, 0.6) is 0 Å². The second-order valence-corrected chi connectivity index (χ2v) is 3.07. The second-order valence-electron chi connectivity index (χ2n) is 3.07. The molecule has 4 heteroatoms. The Morgan fingerprint density at radius 3 is 2.71 bits per heavy atom. The van der Waals surface area contributed by atoms with E-state index < -0.39 is 6.03 Å². The first-order valence-corrected chi connectivity index (χ1v) is 4.23. The molecular weight excluding hydrogens is 180 g/mol. The maximum absolute atomic E-state index is 10.8. The lowest BCUT2D eigenvalue weighted by Gasteiger charge is -2.03. The third-order valence-corrected chi connectivity index (χ3v) is 1.65. The highest BCUT2D eigenvalue weighted by molar-refractivity contribution is 5.88. The van der Waals surface area contributed by atoms with Gasteiger partial charge in [0.2, 0.25) is 0 Å². The van der Waals surface area contributed by atoms with Crippen molar-refractivity contribution in [3.63, 3.8) is 0 Å². The summed E-state index contributed by atoms with van der Waals surface area (Å²) in [6.07, 6.45) is 0.369. The molecule has 2 amide bonds. The van der Waals surface area contributed by atoms with Crippen LogP contribution in [0, 0.1) is 0 Å². The Balaban J connectivity index is 2.78. The molecule has 1 aromatic rings. The van der Waals surface area contributed by atoms with Gasteiger partial charge < -0.3 is 11.1 Å². The first-order chi connectivity index (χ1) is 6.58. The largest absolute Gasteiger partial charge is 0.351 e. The van der Waals surface area contributed by atoms with E-state index in [0.717, 1.165) is 5.56 Å². The average Bonchev–Trinajstić information content (AvgIpc) is 2.01. The van der Waals surface area contributed by atoms with Crippen molar-refractivity contribution in [2.75, 3.05) is 5.32 Å². The fraction of sp³-hybridized carbons (Fsp3) is 0.200. The Hall–Kier alpha value is -1.84. The summed E-state index contributed by atoms with van der Waals surface area (Å²) in [4.78, 5) is 21.4. The molecule has 3 N–H and O–H groups in total. The first-order valence-electron chi connectivity index (χ1n) is 4.23. The summed E-state index contributed by atoms with van der Waals surface area (Å²) in [5.41, 5.74) is 6.43. The van der Waals surface area contributed by atoms with Gasteiger partial charge in [0.25, 0.3) is 0 Å². The van der Waals surface area contributed by atoms with E-state index in [9.17, 15) is 9.59 Å². The molecule has 0 aliphatic carbocycles. The molecule has 0 saturated carbocycles. The normalized spacial score (nSPS) is 9.50. The number of carbonyl (C=O) groups is 2. The van der Waals surface area contributed by atoms with Gasteiger partial charge in [0.05, 0.1) is 0 Å². The van der Waals surface area contributed by atoms with Gasteiger partial charge in [-0.25, -0.2) is 4.79 Å². The van der Waals surface area contributed by atoms with Crippen molar-refractivity contribution in [2.24, 2.45) is 5.73 Å². The van der Waals surface area contributed by atoms with Crippen LogP contribution in [0.3, 0.4) is 0 Å². The molecule has 4 nitrogen and oxygen atoms in total. The van der Waals surface area contributed by atoms with Gasteiger partial charge in [-0.1, -0.05) is 12.1 Å². The Bertz CT molecular complexity index is 330. The highest BCUT2D eigenvalue weighted by Crippen LogP contribution is 2.10. The zero-order valence-electron chi connectivity index (χ0n) is 7.91. The lowest BCUT2D eigenvalue weighted by atomic mass is 10.1. The maximum Gasteiger partial charge on any atom is 0.316 e. The molecule has 0 unspecified atom stereocenters. The Morgan fingerprint density at radius 2 is 2.14 bits per heavy atom. The van der Waals surface area contributed by atoms with E-state index in [4.69, 9.17) is 5.73 Å². The Kier molecular flexibility index (Phi) is 3.23. The number of nitrogens with two attached hydrogens (primary N) is 1. The highest BCUT2D eigenvalue weighted by atomic mass is 16.2. The number of ketones is 1. The highest BCUT2D eigenvalue weighted by Gasteiger charge is 2.00. The topological polar surface area (TPSA) is 72.2 Å². The van der Waals surface area contributed by atoms with E-state index in [0.29, 0.717) is 12.1 Å². The number of primary amides is 1. The molecule has 0 aromatic heterocycles. The first kappa shape index (κ1) is 10.2. The third kappa shape index (κ3) is 3.26. The summed E-state index contributed by atoms with van der Waals surface area (Å²) < 4.78 is 0. The van der Waals surface area contributed by atoms with Crippen molar-refractivity contribution in [1.29, 1.82) is 0 Å². The lowest BCUT2D eigenvalue weighted by molar-refractivity contribution is -0.116. The summed E-state index contributed by atoms with van der Waals surface area (Å²) in [5, 5.41) is 2.45. The molecule has 0 fully saturated rings. The van der Waals surface area contributed by atoms with Gasteiger partial charge in [-0.05, 0) is 24.6 Å². The van der Waals surface area contributed by atoms with Gasteiger partial charge in [0.15, 0.2) is 0 Å². The van der Waals surface area contributed by atoms with Crippen molar-refractivity contribution in [3.8, 4) is 0 Å². The van der Waals surface area contributed by atoms with E-state index in [1.807, 2.05) is 6.07 Å². The Labute approximate surface area is 82.1 Å². The minimum Gasteiger partial charge on any atom is -0.351 e. The summed E-state index contributed by atoms with van der Waals surface area (Å²) in [6, 6.07) is 6.43. The van der Waals surface area contributed by atoms with Gasteiger partial charge in [-0.15, -0.1) is 0 Å². The summed E-state index contributed by atoms with van der Waals surface area (Å²) >= 11 is 0. The third-order valence-electron chi connectivity index (χ3n) is 1.65. The molecule has 0 heterocycles. The molecule has 0 bridgehead atoms. The van der Waals surface area contributed by atoms with Crippen molar-refractivity contribution in [1.82, 2.24) is 0 Å². The number of urea groups is 1. The number of benzene rings is 1. The second kappa shape index (κ2) is 4.41. The minimum atomic E-state index is -0.607. The number of hydrogen-bond acceptors (Lipinski definition) is 2. The zero-order chi connectivity index (χ0) is 10.6. The van der Waals surface area contributed by atoms with Gasteiger partial charge in [0.1, 0.15) is 5.78 Å². The quantitative estimate of drug-likeness (QED) is 0.757. The maximum atomic E-state index is 10.8. The molecule has 0 aliphatic rings. The van der Waals surface area contributed by atoms with Crippen LogP contribution in [0.2, 0.25) is 0 Å². The van der Waals surface area contributed by atoms with E-state index >= 15 is 0 Å². The SMILES string of the molecule is CC(=O)Cc1cccc(NC(N)=O)c1. The fourth-order valence-corrected chi connectivity index (χ4v) is 1.19. The number of rotatable bonds is 3. The monoisotopic (exact) mass is 192 g/mol. The smallest absolute Gasteiger partial charge is 0.316 e. The van der Waals surface area contributed by atoms with Gasteiger partial charge >= 0.3 is 6.03 Å². The predicted molar refractivity (Wildman–Crippen MR) is 54.0 cm³/mol. The minimum absolute atomic E-state index is 0.0845. The van der Waals surface area contributed by atoms with Crippen LogP contribution in [0.4, 0.5) is 10.5 Å². The van der Waals surface area contributed by atoms with Crippen molar-refractivity contribution < 1.29 is 9.59 Å². The van der Waals surface area contributed by atoms with E-state index in [-0.39, 0.29) is 5.78 Å². The van der Waals surface area contributed by atoms with Crippen molar-refractivity contribution in [3.05, 3.63) is 29.8 Å². The summed E-state index contributed by atoms with van der Waals surface area (Å²) in [7, 11) is 0. The average molecular weight is 192 g/mol. The number of hydrogen-bond donors (Lipinski definition) is 2. The van der Waals surface area contributed by atoms with E-state index in [1.54, 1.807) is 18.2 Å². The molecular formula is C10H12N2O2. The number of anilines is 1. The molecule has 0 spiro atoms. The number of Topliss-reactive ketones (excluding diaryl/α,β-unsaturated/α-hetero) is 1. The van der Waals surface area contributed by atoms with Crippen LogP contribution in [0.15, 0.2) is 24.3 Å². The molecule has 0 atom stereocenters. The van der Waals surface area contributed by atoms with Gasteiger partial charge in [-0.3, -0.25) is 4.79 Å². The molecule has 74 valence electrons. The standard InChI is InChI=1S/C10H12N2O2/c1-7(13)5-8-3-2-4-9(6-8)12-10(11)14/h2-4,6H,5H2,1H3,(H3,11,12,14). The van der Waals surface area contributed by atoms with E-state index in [1.165, 1.54) is 6.92 Å². The molecule has 0 radical (unpaired) electrons. The molecule has 1 rings (SSSR count). The lowest BCUT2D eigenvalue weighted by Crippen LogP contribution is -2.19. The summed E-state index contributed by atoms with van der Waals surface area (Å²) in [5.74, 6) is 0.0845. The Morgan fingerprint density at radius 1 is 1.43 bits per heavy atom. The van der Waals surface area contributed by atoms with Crippen LogP contribution in [0.25, 0.3) is 0 Å². The van der Waals surface area contributed by atoms with Crippen molar-refractivity contribution >= 4 is 17.5 Å². The molecule has 0 saturated heterocycles. The van der Waals surface area contributed by atoms with Crippen LogP contribution < -0.4 is 11.1 Å². The number of nitrogens with one attached hydrogen (secondary N) is 1. The molecule has 0 aliphatic heterocycles.